The van der Waals surface area contributed by atoms with Crippen molar-refractivity contribution in [3.05, 3.63) is 88.5 Å². The van der Waals surface area contributed by atoms with Gasteiger partial charge in [-0.25, -0.2) is 4.79 Å². The molecular formula is C22H19N3O5. The first-order valence-corrected chi connectivity index (χ1v) is 9.06. The van der Waals surface area contributed by atoms with Gasteiger partial charge in [-0.2, -0.15) is 0 Å². The van der Waals surface area contributed by atoms with E-state index in [9.17, 15) is 19.7 Å². The molecule has 152 valence electrons. The van der Waals surface area contributed by atoms with Gasteiger partial charge in [-0.05, 0) is 35.4 Å². The molecule has 0 fully saturated rings. The number of benzene rings is 3. The van der Waals surface area contributed by atoms with E-state index in [-0.39, 0.29) is 16.9 Å². The van der Waals surface area contributed by atoms with Crippen molar-refractivity contribution in [2.45, 2.75) is 0 Å². The van der Waals surface area contributed by atoms with Gasteiger partial charge in [-0.15, -0.1) is 0 Å². The van der Waals surface area contributed by atoms with Gasteiger partial charge >= 0.3 is 5.97 Å². The van der Waals surface area contributed by atoms with Crippen molar-refractivity contribution in [2.75, 3.05) is 24.3 Å². The zero-order valence-electron chi connectivity index (χ0n) is 16.1. The van der Waals surface area contributed by atoms with Gasteiger partial charge in [-0.3, -0.25) is 14.9 Å². The Morgan fingerprint density at radius 3 is 2.27 bits per heavy atom. The molecule has 2 N–H and O–H groups in total. The lowest BCUT2D eigenvalue weighted by atomic mass is 10.1. The van der Waals surface area contributed by atoms with Crippen LogP contribution in [-0.2, 0) is 9.53 Å². The number of hydrogen-bond donors (Lipinski definition) is 2. The van der Waals surface area contributed by atoms with Crippen molar-refractivity contribution in [3.63, 3.8) is 0 Å². The summed E-state index contributed by atoms with van der Waals surface area (Å²) in [5, 5.41) is 16.4. The van der Waals surface area contributed by atoms with E-state index in [1.54, 1.807) is 12.1 Å². The lowest BCUT2D eigenvalue weighted by Crippen LogP contribution is -2.21. The normalized spacial score (nSPS) is 10.2. The molecule has 8 heteroatoms. The highest BCUT2D eigenvalue weighted by Crippen LogP contribution is 2.25. The fraction of sp³-hybridized carbons (Fsp3) is 0.0909. The third-order valence-corrected chi connectivity index (χ3v) is 4.31. The average molecular weight is 405 g/mol. The maximum Gasteiger partial charge on any atom is 0.338 e. The van der Waals surface area contributed by atoms with Crippen LogP contribution in [0.5, 0.6) is 0 Å². The highest BCUT2D eigenvalue weighted by Gasteiger charge is 2.18. The molecule has 0 aliphatic carbocycles. The number of carbonyl (C=O) groups is 2. The molecule has 0 atom stereocenters. The van der Waals surface area contributed by atoms with Crippen molar-refractivity contribution in [3.8, 4) is 11.1 Å². The largest absolute Gasteiger partial charge is 0.452 e. The molecule has 3 aromatic rings. The van der Waals surface area contributed by atoms with Gasteiger partial charge in [-0.1, -0.05) is 42.5 Å². The van der Waals surface area contributed by atoms with Crippen LogP contribution < -0.4 is 10.6 Å². The minimum absolute atomic E-state index is 0.0132. The van der Waals surface area contributed by atoms with E-state index in [1.807, 2.05) is 42.5 Å². The number of amides is 1. The summed E-state index contributed by atoms with van der Waals surface area (Å²) < 4.78 is 4.97. The third kappa shape index (κ3) is 4.99. The molecular weight excluding hydrogens is 386 g/mol. The summed E-state index contributed by atoms with van der Waals surface area (Å²) >= 11 is 0. The molecule has 3 rings (SSSR count). The van der Waals surface area contributed by atoms with Gasteiger partial charge in [0.25, 0.3) is 11.6 Å². The second-order valence-electron chi connectivity index (χ2n) is 6.31. The van der Waals surface area contributed by atoms with Crippen molar-refractivity contribution >= 4 is 28.9 Å². The molecule has 0 saturated carbocycles. The predicted molar refractivity (Wildman–Crippen MR) is 113 cm³/mol. The summed E-state index contributed by atoms with van der Waals surface area (Å²) in [5.74, 6) is -1.34. The number of nitro groups is 1. The zero-order chi connectivity index (χ0) is 21.5. The SMILES string of the molecule is CNc1ccc(C(=O)OCC(=O)Nc2ccc(-c3ccccc3)cc2)cc1[N+](=O)[O-]. The maximum atomic E-state index is 12.1. The van der Waals surface area contributed by atoms with Crippen LogP contribution in [0.15, 0.2) is 72.8 Å². The first kappa shape index (κ1) is 20.5. The number of nitro benzene ring substituents is 1. The minimum Gasteiger partial charge on any atom is -0.452 e. The van der Waals surface area contributed by atoms with Crippen LogP contribution in [0.2, 0.25) is 0 Å². The van der Waals surface area contributed by atoms with Gasteiger partial charge in [0.15, 0.2) is 6.61 Å². The average Bonchev–Trinajstić information content (AvgIpc) is 2.78. The van der Waals surface area contributed by atoms with Gasteiger partial charge in [0.2, 0.25) is 0 Å². The number of nitrogens with one attached hydrogen (secondary N) is 2. The number of ether oxygens (including phenoxy) is 1. The molecule has 30 heavy (non-hydrogen) atoms. The lowest BCUT2D eigenvalue weighted by Gasteiger charge is -2.08. The van der Waals surface area contributed by atoms with Gasteiger partial charge in [0, 0.05) is 18.8 Å². The van der Waals surface area contributed by atoms with E-state index in [1.165, 1.54) is 19.2 Å². The fourth-order valence-corrected chi connectivity index (χ4v) is 2.81. The second kappa shape index (κ2) is 9.33. The molecule has 3 aromatic carbocycles. The van der Waals surface area contributed by atoms with Crippen LogP contribution in [0.3, 0.4) is 0 Å². The van der Waals surface area contributed by atoms with E-state index < -0.39 is 23.4 Å². The Morgan fingerprint density at radius 2 is 1.63 bits per heavy atom. The monoisotopic (exact) mass is 405 g/mol. The molecule has 0 aliphatic rings. The molecule has 8 nitrogen and oxygen atoms in total. The van der Waals surface area contributed by atoms with Crippen LogP contribution >= 0.6 is 0 Å². The quantitative estimate of drug-likeness (QED) is 0.348. The van der Waals surface area contributed by atoms with Crippen LogP contribution in [0.1, 0.15) is 10.4 Å². The summed E-state index contributed by atoms with van der Waals surface area (Å²) in [4.78, 5) is 34.7. The number of anilines is 2. The number of hydrogen-bond acceptors (Lipinski definition) is 6. The smallest absolute Gasteiger partial charge is 0.338 e. The zero-order valence-corrected chi connectivity index (χ0v) is 16.1. The number of nitrogens with zero attached hydrogens (tertiary/aromatic N) is 1. The molecule has 0 heterocycles. The van der Waals surface area contributed by atoms with Crippen LogP contribution in [0, 0.1) is 10.1 Å². The molecule has 0 radical (unpaired) electrons. The summed E-state index contributed by atoms with van der Waals surface area (Å²) in [6.45, 7) is -0.513. The molecule has 1 amide bonds. The topological polar surface area (TPSA) is 111 Å². The van der Waals surface area contributed by atoms with Crippen LogP contribution in [0.4, 0.5) is 17.1 Å². The molecule has 0 aliphatic heterocycles. The predicted octanol–water partition coefficient (Wildman–Crippen LogP) is 4.10. The molecule has 0 saturated heterocycles. The molecule has 0 unspecified atom stereocenters. The van der Waals surface area contributed by atoms with Crippen molar-refractivity contribution in [2.24, 2.45) is 0 Å². The highest BCUT2D eigenvalue weighted by molar-refractivity contribution is 5.96. The summed E-state index contributed by atoms with van der Waals surface area (Å²) in [7, 11) is 1.54. The number of carbonyl (C=O) groups excluding carboxylic acids is 2. The molecule has 0 spiro atoms. The minimum atomic E-state index is -0.824. The Bertz CT molecular complexity index is 1070. The molecule has 0 aromatic heterocycles. The standard InChI is InChI=1S/C22H19N3O5/c1-23-19-12-9-17(13-20(19)25(28)29)22(27)30-14-21(26)24-18-10-7-16(8-11-18)15-5-3-2-4-6-15/h2-13,23H,14H2,1H3,(H,24,26). The Balaban J connectivity index is 1.57. The summed E-state index contributed by atoms with van der Waals surface area (Å²) in [5.41, 5.74) is 2.63. The Labute approximate surface area is 172 Å². The number of esters is 1. The lowest BCUT2D eigenvalue weighted by molar-refractivity contribution is -0.384. The first-order valence-electron chi connectivity index (χ1n) is 9.06. The van der Waals surface area contributed by atoms with E-state index in [0.29, 0.717) is 5.69 Å². The first-order chi connectivity index (χ1) is 14.5. The number of rotatable bonds is 7. The van der Waals surface area contributed by atoms with Crippen molar-refractivity contribution < 1.29 is 19.2 Å². The van der Waals surface area contributed by atoms with Crippen LogP contribution in [-0.4, -0.2) is 30.5 Å². The Kier molecular flexibility index (Phi) is 6.39. The van der Waals surface area contributed by atoms with E-state index in [0.717, 1.165) is 17.2 Å². The van der Waals surface area contributed by atoms with Crippen molar-refractivity contribution in [1.29, 1.82) is 0 Å². The van der Waals surface area contributed by atoms with E-state index in [4.69, 9.17) is 4.74 Å². The van der Waals surface area contributed by atoms with E-state index in [2.05, 4.69) is 10.6 Å². The third-order valence-electron chi connectivity index (χ3n) is 4.31. The Hall–Kier alpha value is -4.20. The Morgan fingerprint density at radius 1 is 0.967 bits per heavy atom. The second-order valence-corrected chi connectivity index (χ2v) is 6.31. The van der Waals surface area contributed by atoms with Gasteiger partial charge in [0.1, 0.15) is 5.69 Å². The fourth-order valence-electron chi connectivity index (χ4n) is 2.81. The van der Waals surface area contributed by atoms with Crippen LogP contribution in [0.25, 0.3) is 11.1 Å². The van der Waals surface area contributed by atoms with Crippen molar-refractivity contribution in [1.82, 2.24) is 0 Å². The summed E-state index contributed by atoms with van der Waals surface area (Å²) in [6.07, 6.45) is 0. The molecule has 0 bridgehead atoms. The summed E-state index contributed by atoms with van der Waals surface area (Å²) in [6, 6.07) is 21.0. The van der Waals surface area contributed by atoms with Gasteiger partial charge in [0.05, 0.1) is 10.5 Å². The highest BCUT2D eigenvalue weighted by atomic mass is 16.6. The van der Waals surface area contributed by atoms with Gasteiger partial charge < -0.3 is 15.4 Å². The van der Waals surface area contributed by atoms with E-state index >= 15 is 0 Å². The maximum absolute atomic E-state index is 12.1.